The van der Waals surface area contributed by atoms with E-state index in [2.05, 4.69) is 4.72 Å². The maximum absolute atomic E-state index is 12.5. The summed E-state index contributed by atoms with van der Waals surface area (Å²) in [5.41, 5.74) is 1.49. The van der Waals surface area contributed by atoms with Crippen molar-refractivity contribution in [1.82, 2.24) is 0 Å². The van der Waals surface area contributed by atoms with Crippen LogP contribution in [0.1, 0.15) is 12.0 Å². The van der Waals surface area contributed by atoms with Crippen LogP contribution in [0.15, 0.2) is 53.4 Å². The third-order valence-electron chi connectivity index (χ3n) is 3.21. The fourth-order valence-corrected chi connectivity index (χ4v) is 3.53. The lowest BCUT2D eigenvalue weighted by atomic mass is 10.1. The number of hydrogen-bond donors (Lipinski definition) is 1. The van der Waals surface area contributed by atoms with Gasteiger partial charge in [-0.2, -0.15) is 0 Å². The Morgan fingerprint density at radius 3 is 2.60 bits per heavy atom. The summed E-state index contributed by atoms with van der Waals surface area (Å²) in [5, 5.41) is 0. The van der Waals surface area contributed by atoms with Gasteiger partial charge in [-0.1, -0.05) is 30.3 Å². The number of rotatable bonds is 3. The number of fused-ring (bicyclic) bond motifs is 1. The summed E-state index contributed by atoms with van der Waals surface area (Å²) < 4.78 is 33.1. The van der Waals surface area contributed by atoms with Crippen molar-refractivity contribution < 1.29 is 13.2 Å². The third kappa shape index (κ3) is 2.49. The molecular formula is C15H15NO3S. The van der Waals surface area contributed by atoms with Gasteiger partial charge in [0, 0.05) is 5.69 Å². The van der Waals surface area contributed by atoms with Crippen molar-refractivity contribution in [3.63, 3.8) is 0 Å². The molecule has 2 aromatic carbocycles. The summed E-state index contributed by atoms with van der Waals surface area (Å²) in [6.07, 6.45) is 1.77. The molecule has 0 unspecified atom stereocenters. The number of aryl methyl sites for hydroxylation is 1. The molecule has 0 aromatic heterocycles. The molecule has 0 radical (unpaired) electrons. The molecule has 3 rings (SSSR count). The topological polar surface area (TPSA) is 55.4 Å². The standard InChI is InChI=1S/C15H15NO3S/c17-20(18,16-13-8-2-1-3-9-13)14-10-4-6-12-7-5-11-19-15(12)14/h1-4,6,8-10,16H,5,7,11H2. The van der Waals surface area contributed by atoms with Gasteiger partial charge in [-0.05, 0) is 36.6 Å². The molecule has 1 aliphatic rings. The Bertz CT molecular complexity index is 711. The highest BCUT2D eigenvalue weighted by Crippen LogP contribution is 2.32. The van der Waals surface area contributed by atoms with Crippen LogP contribution in [0.4, 0.5) is 5.69 Å². The summed E-state index contributed by atoms with van der Waals surface area (Å²) in [6, 6.07) is 14.1. The molecule has 0 bridgehead atoms. The number of para-hydroxylation sites is 2. The molecule has 20 heavy (non-hydrogen) atoms. The summed E-state index contributed by atoms with van der Waals surface area (Å²) >= 11 is 0. The van der Waals surface area contributed by atoms with Crippen LogP contribution in [-0.2, 0) is 16.4 Å². The van der Waals surface area contributed by atoms with Crippen LogP contribution in [0.2, 0.25) is 0 Å². The van der Waals surface area contributed by atoms with Crippen LogP contribution < -0.4 is 9.46 Å². The highest BCUT2D eigenvalue weighted by molar-refractivity contribution is 7.92. The molecule has 0 atom stereocenters. The monoisotopic (exact) mass is 289 g/mol. The smallest absolute Gasteiger partial charge is 0.265 e. The third-order valence-corrected chi connectivity index (χ3v) is 4.62. The predicted molar refractivity (Wildman–Crippen MR) is 77.5 cm³/mol. The second kappa shape index (κ2) is 5.17. The summed E-state index contributed by atoms with van der Waals surface area (Å²) in [5.74, 6) is 0.488. The molecule has 2 aromatic rings. The van der Waals surface area contributed by atoms with Crippen molar-refractivity contribution in [3.8, 4) is 5.75 Å². The Hall–Kier alpha value is -2.01. The minimum Gasteiger partial charge on any atom is -0.492 e. The van der Waals surface area contributed by atoms with E-state index in [0.717, 1.165) is 18.4 Å². The lowest BCUT2D eigenvalue weighted by Gasteiger charge is -2.20. The molecular weight excluding hydrogens is 274 g/mol. The zero-order valence-corrected chi connectivity index (χ0v) is 11.7. The number of hydrogen-bond acceptors (Lipinski definition) is 3. The van der Waals surface area contributed by atoms with Crippen molar-refractivity contribution in [3.05, 3.63) is 54.1 Å². The van der Waals surface area contributed by atoms with E-state index in [1.54, 1.807) is 36.4 Å². The zero-order valence-electron chi connectivity index (χ0n) is 10.9. The molecule has 4 nitrogen and oxygen atoms in total. The van der Waals surface area contributed by atoms with Gasteiger partial charge in [0.05, 0.1) is 6.61 Å². The van der Waals surface area contributed by atoms with Crippen LogP contribution in [0.3, 0.4) is 0 Å². The van der Waals surface area contributed by atoms with Gasteiger partial charge in [-0.25, -0.2) is 8.42 Å². The summed E-state index contributed by atoms with van der Waals surface area (Å²) in [7, 11) is -3.63. The van der Waals surface area contributed by atoms with Gasteiger partial charge < -0.3 is 4.74 Å². The molecule has 0 spiro atoms. The highest BCUT2D eigenvalue weighted by Gasteiger charge is 2.23. The van der Waals surface area contributed by atoms with Crippen molar-refractivity contribution in [2.75, 3.05) is 11.3 Å². The Balaban J connectivity index is 2.00. The van der Waals surface area contributed by atoms with E-state index >= 15 is 0 Å². The first kappa shape index (κ1) is 13.0. The van der Waals surface area contributed by atoms with Crippen LogP contribution >= 0.6 is 0 Å². The van der Waals surface area contributed by atoms with Crippen molar-refractivity contribution in [1.29, 1.82) is 0 Å². The van der Waals surface area contributed by atoms with Crippen LogP contribution in [0.5, 0.6) is 5.75 Å². The van der Waals surface area contributed by atoms with E-state index in [0.29, 0.717) is 18.0 Å². The predicted octanol–water partition coefficient (Wildman–Crippen LogP) is 2.81. The fourth-order valence-electron chi connectivity index (χ4n) is 2.29. The van der Waals surface area contributed by atoms with E-state index < -0.39 is 10.0 Å². The van der Waals surface area contributed by atoms with Crippen molar-refractivity contribution >= 4 is 15.7 Å². The van der Waals surface area contributed by atoms with E-state index in [4.69, 9.17) is 4.74 Å². The molecule has 0 fully saturated rings. The maximum atomic E-state index is 12.5. The second-order valence-electron chi connectivity index (χ2n) is 4.67. The van der Waals surface area contributed by atoms with Crippen LogP contribution in [0, 0.1) is 0 Å². The fraction of sp³-hybridized carbons (Fsp3) is 0.200. The minimum absolute atomic E-state index is 0.207. The number of nitrogens with one attached hydrogen (secondary N) is 1. The van der Waals surface area contributed by atoms with Gasteiger partial charge in [0.15, 0.2) is 0 Å². The normalized spacial score (nSPS) is 14.2. The van der Waals surface area contributed by atoms with E-state index in [1.807, 2.05) is 12.1 Å². The summed E-state index contributed by atoms with van der Waals surface area (Å²) in [6.45, 7) is 0.560. The van der Waals surface area contributed by atoms with Crippen LogP contribution in [0.25, 0.3) is 0 Å². The Kier molecular flexibility index (Phi) is 3.36. The SMILES string of the molecule is O=S(=O)(Nc1ccccc1)c1cccc2c1OCCC2. The number of sulfonamides is 1. The van der Waals surface area contributed by atoms with Crippen LogP contribution in [-0.4, -0.2) is 15.0 Å². The minimum atomic E-state index is -3.63. The van der Waals surface area contributed by atoms with Gasteiger partial charge in [-0.15, -0.1) is 0 Å². The quantitative estimate of drug-likeness (QED) is 0.945. The molecule has 0 amide bonds. The second-order valence-corrected chi connectivity index (χ2v) is 6.32. The largest absolute Gasteiger partial charge is 0.492 e. The molecule has 1 N–H and O–H groups in total. The molecule has 5 heteroatoms. The Labute approximate surface area is 118 Å². The van der Waals surface area contributed by atoms with Crippen molar-refractivity contribution in [2.24, 2.45) is 0 Å². The first-order valence-corrected chi connectivity index (χ1v) is 7.98. The molecule has 1 aliphatic heterocycles. The average molecular weight is 289 g/mol. The first-order chi connectivity index (χ1) is 9.67. The molecule has 0 aliphatic carbocycles. The van der Waals surface area contributed by atoms with E-state index in [1.165, 1.54) is 0 Å². The number of benzene rings is 2. The van der Waals surface area contributed by atoms with Gasteiger partial charge in [0.25, 0.3) is 10.0 Å². The molecule has 1 heterocycles. The Morgan fingerprint density at radius 1 is 1.00 bits per heavy atom. The highest BCUT2D eigenvalue weighted by atomic mass is 32.2. The van der Waals surface area contributed by atoms with E-state index in [9.17, 15) is 8.42 Å². The lowest BCUT2D eigenvalue weighted by molar-refractivity contribution is 0.280. The van der Waals surface area contributed by atoms with Gasteiger partial charge in [0.2, 0.25) is 0 Å². The van der Waals surface area contributed by atoms with Gasteiger partial charge in [-0.3, -0.25) is 4.72 Å². The number of ether oxygens (including phenoxy) is 1. The van der Waals surface area contributed by atoms with E-state index in [-0.39, 0.29) is 4.90 Å². The molecule has 0 saturated carbocycles. The maximum Gasteiger partial charge on any atom is 0.265 e. The first-order valence-electron chi connectivity index (χ1n) is 6.49. The van der Waals surface area contributed by atoms with Gasteiger partial charge in [0.1, 0.15) is 10.6 Å². The number of anilines is 1. The van der Waals surface area contributed by atoms with Crippen molar-refractivity contribution in [2.45, 2.75) is 17.7 Å². The molecule has 0 saturated heterocycles. The average Bonchev–Trinajstić information content (AvgIpc) is 2.47. The summed E-state index contributed by atoms with van der Waals surface area (Å²) in [4.78, 5) is 0.207. The zero-order chi connectivity index (χ0) is 14.0. The van der Waals surface area contributed by atoms with Gasteiger partial charge >= 0.3 is 0 Å². The molecule has 104 valence electrons. The Morgan fingerprint density at radius 2 is 1.80 bits per heavy atom. The lowest BCUT2D eigenvalue weighted by Crippen LogP contribution is -2.17.